The van der Waals surface area contributed by atoms with Gasteiger partial charge >= 0.3 is 0 Å². The minimum atomic E-state index is 0.444. The second-order valence-corrected chi connectivity index (χ2v) is 6.00. The van der Waals surface area contributed by atoms with Gasteiger partial charge in [-0.1, -0.05) is 27.7 Å². The van der Waals surface area contributed by atoms with Crippen molar-refractivity contribution in [3.05, 3.63) is 0 Å². The molecule has 1 aliphatic carbocycles. The van der Waals surface area contributed by atoms with Crippen molar-refractivity contribution in [3.63, 3.8) is 0 Å². The third kappa shape index (κ3) is 2.60. The van der Waals surface area contributed by atoms with Crippen molar-refractivity contribution in [2.45, 2.75) is 71.5 Å². The van der Waals surface area contributed by atoms with E-state index in [9.17, 15) is 0 Å². The minimum Gasteiger partial charge on any atom is -0.315 e. The second kappa shape index (κ2) is 5.50. The fourth-order valence-corrected chi connectivity index (χ4v) is 3.52. The molecule has 0 heterocycles. The zero-order chi connectivity index (χ0) is 12.3. The van der Waals surface area contributed by atoms with Crippen LogP contribution >= 0.6 is 0 Å². The summed E-state index contributed by atoms with van der Waals surface area (Å²) in [4.78, 5) is 2.62. The van der Waals surface area contributed by atoms with Gasteiger partial charge in [-0.25, -0.2) is 0 Å². The molecule has 0 aliphatic heterocycles. The molecule has 0 spiro atoms. The molecular formula is C14H30N2. The maximum Gasteiger partial charge on any atom is 0.0271 e. The van der Waals surface area contributed by atoms with Gasteiger partial charge in [0.25, 0.3) is 0 Å². The first-order valence-electron chi connectivity index (χ1n) is 6.87. The summed E-state index contributed by atoms with van der Waals surface area (Å²) in [6, 6.07) is 2.10. The predicted molar refractivity (Wildman–Crippen MR) is 71.8 cm³/mol. The van der Waals surface area contributed by atoms with Gasteiger partial charge in [0, 0.05) is 18.1 Å². The Morgan fingerprint density at radius 1 is 1.31 bits per heavy atom. The summed E-state index contributed by atoms with van der Waals surface area (Å²) in [5.41, 5.74) is 0.444. The van der Waals surface area contributed by atoms with Crippen LogP contribution < -0.4 is 5.32 Å². The van der Waals surface area contributed by atoms with Crippen LogP contribution in [0.1, 0.15) is 53.4 Å². The Kier molecular flexibility index (Phi) is 4.81. The Morgan fingerprint density at radius 3 is 2.31 bits per heavy atom. The van der Waals surface area contributed by atoms with Crippen molar-refractivity contribution < 1.29 is 0 Å². The van der Waals surface area contributed by atoms with Crippen LogP contribution in [0.25, 0.3) is 0 Å². The molecule has 2 atom stereocenters. The predicted octanol–water partition coefficient (Wildman–Crippen LogP) is 2.88. The van der Waals surface area contributed by atoms with E-state index in [0.29, 0.717) is 17.5 Å². The van der Waals surface area contributed by atoms with E-state index in [1.807, 2.05) is 0 Å². The smallest absolute Gasteiger partial charge is 0.0271 e. The van der Waals surface area contributed by atoms with Crippen LogP contribution in [0.2, 0.25) is 0 Å². The van der Waals surface area contributed by atoms with Crippen LogP contribution in [0, 0.1) is 5.41 Å². The lowest BCUT2D eigenvalue weighted by atomic mass is 9.86. The van der Waals surface area contributed by atoms with Gasteiger partial charge in [-0.15, -0.1) is 0 Å². The van der Waals surface area contributed by atoms with E-state index in [1.54, 1.807) is 0 Å². The molecule has 2 nitrogen and oxygen atoms in total. The SMILES string of the molecule is CCC(CC)N(C)C1CCC(C)(C)C1NC. The molecule has 1 aliphatic rings. The molecule has 1 rings (SSSR count). The van der Waals surface area contributed by atoms with Gasteiger partial charge in [0.2, 0.25) is 0 Å². The number of likely N-dealkylation sites (N-methyl/N-ethyl adjacent to an activating group) is 2. The molecular weight excluding hydrogens is 196 g/mol. The summed E-state index contributed by atoms with van der Waals surface area (Å²) >= 11 is 0. The third-order valence-electron chi connectivity index (χ3n) is 4.66. The average molecular weight is 226 g/mol. The summed E-state index contributed by atoms with van der Waals surface area (Å²) < 4.78 is 0. The largest absolute Gasteiger partial charge is 0.315 e. The molecule has 2 heteroatoms. The van der Waals surface area contributed by atoms with Crippen molar-refractivity contribution >= 4 is 0 Å². The van der Waals surface area contributed by atoms with Crippen LogP contribution in [-0.4, -0.2) is 37.1 Å². The molecule has 1 saturated carbocycles. The molecule has 0 radical (unpaired) electrons. The molecule has 2 unspecified atom stereocenters. The molecule has 0 aromatic carbocycles. The van der Waals surface area contributed by atoms with Gasteiger partial charge < -0.3 is 5.32 Å². The zero-order valence-electron chi connectivity index (χ0n) is 12.0. The standard InChI is InChI=1S/C14H30N2/c1-7-11(8-2)16(6)12-9-10-14(3,4)13(12)15-5/h11-13,15H,7-10H2,1-6H3. The van der Waals surface area contributed by atoms with Crippen molar-refractivity contribution in [2.24, 2.45) is 5.41 Å². The second-order valence-electron chi connectivity index (χ2n) is 6.00. The molecule has 1 fully saturated rings. The van der Waals surface area contributed by atoms with Crippen molar-refractivity contribution in [3.8, 4) is 0 Å². The van der Waals surface area contributed by atoms with Gasteiger partial charge in [0.15, 0.2) is 0 Å². The van der Waals surface area contributed by atoms with Gasteiger partial charge in [-0.2, -0.15) is 0 Å². The summed E-state index contributed by atoms with van der Waals surface area (Å²) in [5, 5.41) is 3.55. The molecule has 16 heavy (non-hydrogen) atoms. The first-order chi connectivity index (χ1) is 7.47. The number of nitrogens with zero attached hydrogens (tertiary/aromatic N) is 1. The molecule has 0 saturated heterocycles. The molecule has 0 bridgehead atoms. The summed E-state index contributed by atoms with van der Waals surface area (Å²) in [5.74, 6) is 0. The van der Waals surface area contributed by atoms with Crippen molar-refractivity contribution in [2.75, 3.05) is 14.1 Å². The Hall–Kier alpha value is -0.0800. The van der Waals surface area contributed by atoms with Gasteiger partial charge in [-0.3, -0.25) is 4.90 Å². The number of hydrogen-bond donors (Lipinski definition) is 1. The Labute approximate surface area is 102 Å². The summed E-state index contributed by atoms with van der Waals surface area (Å²) in [7, 11) is 4.43. The number of rotatable bonds is 5. The Bertz CT molecular complexity index is 209. The first-order valence-corrected chi connectivity index (χ1v) is 6.87. The van der Waals surface area contributed by atoms with Crippen LogP contribution in [0.5, 0.6) is 0 Å². The highest BCUT2D eigenvalue weighted by Gasteiger charge is 2.43. The van der Waals surface area contributed by atoms with Gasteiger partial charge in [-0.05, 0) is 45.2 Å². The number of nitrogens with one attached hydrogen (secondary N) is 1. The maximum atomic E-state index is 3.55. The summed E-state index contributed by atoms with van der Waals surface area (Å²) in [6.07, 6.45) is 5.21. The fourth-order valence-electron chi connectivity index (χ4n) is 3.52. The first kappa shape index (κ1) is 14.0. The Balaban J connectivity index is 2.73. The highest BCUT2D eigenvalue weighted by molar-refractivity contribution is 5.00. The Morgan fingerprint density at radius 2 is 1.88 bits per heavy atom. The third-order valence-corrected chi connectivity index (χ3v) is 4.66. The zero-order valence-corrected chi connectivity index (χ0v) is 12.0. The van der Waals surface area contributed by atoms with E-state index in [4.69, 9.17) is 0 Å². The van der Waals surface area contributed by atoms with Crippen molar-refractivity contribution in [1.82, 2.24) is 10.2 Å². The molecule has 96 valence electrons. The van der Waals surface area contributed by atoms with Crippen LogP contribution in [0.3, 0.4) is 0 Å². The fraction of sp³-hybridized carbons (Fsp3) is 1.00. The summed E-state index contributed by atoms with van der Waals surface area (Å²) in [6.45, 7) is 9.40. The maximum absolute atomic E-state index is 3.55. The molecule has 1 N–H and O–H groups in total. The van der Waals surface area contributed by atoms with Gasteiger partial charge in [0.05, 0.1) is 0 Å². The molecule has 0 aromatic heterocycles. The van der Waals surface area contributed by atoms with E-state index >= 15 is 0 Å². The lowest BCUT2D eigenvalue weighted by Crippen LogP contribution is -2.52. The van der Waals surface area contributed by atoms with E-state index in [2.05, 4.69) is 52.0 Å². The van der Waals surface area contributed by atoms with E-state index in [-0.39, 0.29) is 0 Å². The van der Waals surface area contributed by atoms with Crippen molar-refractivity contribution in [1.29, 1.82) is 0 Å². The average Bonchev–Trinajstić information content (AvgIpc) is 2.54. The number of hydrogen-bond acceptors (Lipinski definition) is 2. The van der Waals surface area contributed by atoms with Crippen LogP contribution in [-0.2, 0) is 0 Å². The van der Waals surface area contributed by atoms with Crippen LogP contribution in [0.4, 0.5) is 0 Å². The van der Waals surface area contributed by atoms with E-state index < -0.39 is 0 Å². The van der Waals surface area contributed by atoms with E-state index in [1.165, 1.54) is 25.7 Å². The quantitative estimate of drug-likeness (QED) is 0.775. The van der Waals surface area contributed by atoms with Gasteiger partial charge in [0.1, 0.15) is 0 Å². The van der Waals surface area contributed by atoms with Crippen LogP contribution in [0.15, 0.2) is 0 Å². The van der Waals surface area contributed by atoms with E-state index in [0.717, 1.165) is 6.04 Å². The monoisotopic (exact) mass is 226 g/mol. The highest BCUT2D eigenvalue weighted by Crippen LogP contribution is 2.40. The topological polar surface area (TPSA) is 15.3 Å². The lowest BCUT2D eigenvalue weighted by Gasteiger charge is -2.38. The highest BCUT2D eigenvalue weighted by atomic mass is 15.2. The minimum absolute atomic E-state index is 0.444. The molecule has 0 aromatic rings. The normalized spacial score (nSPS) is 29.2. The lowest BCUT2D eigenvalue weighted by molar-refractivity contribution is 0.126. The molecule has 0 amide bonds.